The number of imide groups is 1. The highest BCUT2D eigenvalue weighted by Crippen LogP contribution is 2.54. The second-order valence-corrected chi connectivity index (χ2v) is 14.9. The van der Waals surface area contributed by atoms with Gasteiger partial charge < -0.3 is 15.0 Å². The van der Waals surface area contributed by atoms with Crippen LogP contribution in [0.2, 0.25) is 5.02 Å². The average molecular weight is 736 g/mol. The van der Waals surface area contributed by atoms with E-state index in [-0.39, 0.29) is 15.5 Å². The predicted octanol–water partition coefficient (Wildman–Crippen LogP) is 4.31. The summed E-state index contributed by atoms with van der Waals surface area (Å²) in [5.41, 5.74) is 1.18. The predicted molar refractivity (Wildman–Crippen MR) is 170 cm³/mol. The molecule has 3 aromatic carbocycles. The van der Waals surface area contributed by atoms with Gasteiger partial charge in [0.1, 0.15) is 11.0 Å². The number of thiazole rings is 1. The van der Waals surface area contributed by atoms with Gasteiger partial charge in [0.2, 0.25) is 21.8 Å². The van der Waals surface area contributed by atoms with Crippen LogP contribution in [0.5, 0.6) is 5.75 Å². The number of halogens is 2. The summed E-state index contributed by atoms with van der Waals surface area (Å²) in [5.74, 6) is -2.82. The number of aromatic amines is 1. The number of ether oxygens (including phenoxy) is 1. The monoisotopic (exact) mass is 734 g/mol. The van der Waals surface area contributed by atoms with E-state index >= 15 is 0 Å². The number of H-pyrrole nitrogens is 1. The SMILES string of the molecule is NS(=O)(=O)c1ccc(NC(=O)COc2ccc(Cl)cc2[C@H]2c3sc(=O)[nH]c3SC3C(=O)N(c4ccc(Br)cc4)C(=O)C32)cc1. The van der Waals surface area contributed by atoms with Gasteiger partial charge >= 0.3 is 4.87 Å². The molecule has 2 aliphatic rings. The van der Waals surface area contributed by atoms with E-state index < -0.39 is 51.4 Å². The average Bonchev–Trinajstić information content (AvgIpc) is 3.46. The van der Waals surface area contributed by atoms with Crippen LogP contribution in [0.3, 0.4) is 0 Å². The molecule has 6 rings (SSSR count). The lowest BCUT2D eigenvalue weighted by Crippen LogP contribution is -2.32. The first-order valence-corrected chi connectivity index (χ1v) is 17.2. The van der Waals surface area contributed by atoms with Crippen LogP contribution in [0, 0.1) is 5.92 Å². The summed E-state index contributed by atoms with van der Waals surface area (Å²) in [4.78, 5) is 57.0. The van der Waals surface area contributed by atoms with E-state index in [0.717, 1.165) is 32.5 Å². The summed E-state index contributed by atoms with van der Waals surface area (Å²) >= 11 is 11.9. The Bertz CT molecular complexity index is 1980. The van der Waals surface area contributed by atoms with Crippen LogP contribution in [0.1, 0.15) is 16.4 Å². The number of carbonyl (C=O) groups is 3. The number of anilines is 2. The van der Waals surface area contributed by atoms with Gasteiger partial charge in [-0.2, -0.15) is 0 Å². The first-order chi connectivity index (χ1) is 20.9. The van der Waals surface area contributed by atoms with Crippen LogP contribution in [0.25, 0.3) is 0 Å². The van der Waals surface area contributed by atoms with Crippen molar-refractivity contribution in [3.8, 4) is 5.75 Å². The molecule has 0 aliphatic carbocycles. The molecule has 4 N–H and O–H groups in total. The van der Waals surface area contributed by atoms with Gasteiger partial charge in [0.25, 0.3) is 5.91 Å². The number of nitrogens with one attached hydrogen (secondary N) is 2. The van der Waals surface area contributed by atoms with E-state index in [2.05, 4.69) is 26.2 Å². The highest BCUT2D eigenvalue weighted by atomic mass is 79.9. The third-order valence-electron chi connectivity index (χ3n) is 7.04. The molecule has 11 nitrogen and oxygen atoms in total. The number of hydrogen-bond acceptors (Lipinski definition) is 9. The summed E-state index contributed by atoms with van der Waals surface area (Å²) in [6.45, 7) is -0.449. The van der Waals surface area contributed by atoms with Crippen molar-refractivity contribution in [1.29, 1.82) is 0 Å². The van der Waals surface area contributed by atoms with Gasteiger partial charge in [-0.3, -0.25) is 19.2 Å². The lowest BCUT2D eigenvalue weighted by Gasteiger charge is -2.31. The van der Waals surface area contributed by atoms with E-state index in [0.29, 0.717) is 31.9 Å². The summed E-state index contributed by atoms with van der Waals surface area (Å²) in [7, 11) is -3.89. The molecule has 44 heavy (non-hydrogen) atoms. The Balaban J connectivity index is 1.32. The van der Waals surface area contributed by atoms with Gasteiger partial charge in [0, 0.05) is 31.5 Å². The van der Waals surface area contributed by atoms with E-state index in [1.807, 2.05) is 0 Å². The molecule has 1 aromatic heterocycles. The van der Waals surface area contributed by atoms with Gasteiger partial charge in [-0.05, 0) is 66.7 Å². The fourth-order valence-corrected chi connectivity index (χ4v) is 8.63. The number of nitrogens with two attached hydrogens (primary N) is 1. The highest BCUT2D eigenvalue weighted by molar-refractivity contribution is 9.10. The Hall–Kier alpha value is -3.47. The third-order valence-corrected chi connectivity index (χ3v) is 11.1. The quantitative estimate of drug-likeness (QED) is 0.236. The van der Waals surface area contributed by atoms with Crippen molar-refractivity contribution in [3.05, 3.63) is 96.3 Å². The van der Waals surface area contributed by atoms with Gasteiger partial charge in [0.05, 0.1) is 21.5 Å². The molecular formula is C28H20BrClN4O7S3. The number of amides is 3. The topological polar surface area (TPSA) is 169 Å². The second-order valence-electron chi connectivity index (χ2n) is 9.83. The number of thioether (sulfide) groups is 1. The molecule has 226 valence electrons. The Morgan fingerprint density at radius 3 is 2.43 bits per heavy atom. The molecule has 0 saturated carbocycles. The molecule has 2 unspecified atom stereocenters. The number of carbonyl (C=O) groups excluding carboxylic acids is 3. The van der Waals surface area contributed by atoms with Crippen molar-refractivity contribution in [3.63, 3.8) is 0 Å². The zero-order chi connectivity index (χ0) is 31.3. The number of fused-ring (bicyclic) bond motifs is 2. The number of hydrogen-bond donors (Lipinski definition) is 3. The number of sulfonamides is 1. The Kier molecular flexibility index (Phi) is 8.19. The molecule has 3 amide bonds. The standard InChI is InChI=1S/C28H20BrClN4O7S3/c29-13-1-6-16(7-2-13)34-26(36)22-21(23-25(33-28(38)43-23)42-24(22)27(34)37)18-11-14(30)3-10-19(18)41-12-20(35)32-15-4-8-17(9-5-15)44(31,39)40/h1-11,21-22,24H,12H2,(H,32,35)(H,33,38)(H2,31,39,40)/t21-,22?,24?/m1/s1. The molecule has 4 aromatic rings. The smallest absolute Gasteiger partial charge is 0.305 e. The van der Waals surface area contributed by atoms with Crippen molar-refractivity contribution < 1.29 is 27.5 Å². The highest BCUT2D eigenvalue weighted by Gasteiger charge is 2.56. The molecule has 0 radical (unpaired) electrons. The van der Waals surface area contributed by atoms with Gasteiger partial charge in [-0.1, -0.05) is 50.6 Å². The van der Waals surface area contributed by atoms with Crippen LogP contribution in [-0.4, -0.2) is 43.0 Å². The number of nitrogens with zero attached hydrogens (tertiary/aromatic N) is 1. The van der Waals surface area contributed by atoms with Crippen molar-refractivity contribution in [1.82, 2.24) is 4.98 Å². The molecule has 1 saturated heterocycles. The molecule has 16 heteroatoms. The summed E-state index contributed by atoms with van der Waals surface area (Å²) in [6, 6.07) is 16.8. The van der Waals surface area contributed by atoms with E-state index in [1.54, 1.807) is 42.5 Å². The minimum absolute atomic E-state index is 0.105. The number of primary sulfonamides is 1. The van der Waals surface area contributed by atoms with E-state index in [9.17, 15) is 27.6 Å². The van der Waals surface area contributed by atoms with Crippen molar-refractivity contribution >= 4 is 89.7 Å². The molecular weight excluding hydrogens is 716 g/mol. The lowest BCUT2D eigenvalue weighted by atomic mass is 9.82. The van der Waals surface area contributed by atoms with E-state index in [1.165, 1.54) is 24.3 Å². The van der Waals surface area contributed by atoms with Gasteiger partial charge in [0.15, 0.2) is 6.61 Å². The molecule has 0 spiro atoms. The molecule has 3 atom stereocenters. The summed E-state index contributed by atoms with van der Waals surface area (Å²) < 4.78 is 29.7. The normalized spacial score (nSPS) is 19.4. The fraction of sp³-hybridized carbons (Fsp3) is 0.143. The minimum Gasteiger partial charge on any atom is -0.483 e. The summed E-state index contributed by atoms with van der Waals surface area (Å²) in [6.07, 6.45) is 0. The Morgan fingerprint density at radius 2 is 1.75 bits per heavy atom. The van der Waals surface area contributed by atoms with Crippen LogP contribution in [0.4, 0.5) is 11.4 Å². The molecule has 0 bridgehead atoms. The Labute approximate surface area is 271 Å². The van der Waals surface area contributed by atoms with Gasteiger partial charge in [-0.25, -0.2) is 18.5 Å². The van der Waals surface area contributed by atoms with Crippen LogP contribution in [-0.2, 0) is 24.4 Å². The number of aromatic nitrogens is 1. The van der Waals surface area contributed by atoms with Crippen molar-refractivity contribution in [2.24, 2.45) is 11.1 Å². The third kappa shape index (κ3) is 5.82. The number of benzene rings is 3. The minimum atomic E-state index is -3.89. The first kappa shape index (κ1) is 30.6. The van der Waals surface area contributed by atoms with Crippen molar-refractivity contribution in [2.45, 2.75) is 21.1 Å². The molecule has 1 fully saturated rings. The van der Waals surface area contributed by atoms with Crippen LogP contribution in [0.15, 0.2) is 85.9 Å². The molecule has 3 heterocycles. The summed E-state index contributed by atoms with van der Waals surface area (Å²) in [5, 5.41) is 7.72. The van der Waals surface area contributed by atoms with Crippen LogP contribution >= 0.6 is 50.6 Å². The zero-order valence-corrected chi connectivity index (χ0v) is 26.9. The maximum Gasteiger partial charge on any atom is 0.305 e. The van der Waals surface area contributed by atoms with Crippen LogP contribution < -0.4 is 25.0 Å². The lowest BCUT2D eigenvalue weighted by molar-refractivity contribution is -0.122. The molecule has 2 aliphatic heterocycles. The first-order valence-electron chi connectivity index (χ1n) is 12.8. The largest absolute Gasteiger partial charge is 0.483 e. The number of rotatable bonds is 7. The van der Waals surface area contributed by atoms with Crippen molar-refractivity contribution in [2.75, 3.05) is 16.8 Å². The fourth-order valence-electron chi connectivity index (χ4n) is 5.16. The Morgan fingerprint density at radius 1 is 1.05 bits per heavy atom. The second kappa shape index (κ2) is 11.8. The maximum atomic E-state index is 14.0. The zero-order valence-electron chi connectivity index (χ0n) is 22.2. The van der Waals surface area contributed by atoms with E-state index in [4.69, 9.17) is 21.5 Å². The van der Waals surface area contributed by atoms with Gasteiger partial charge in [-0.15, -0.1) is 0 Å². The maximum absolute atomic E-state index is 14.0.